The zero-order valence-corrected chi connectivity index (χ0v) is 10.6. The maximum absolute atomic E-state index is 2.62. The summed E-state index contributed by atoms with van der Waals surface area (Å²) in [5.41, 5.74) is 1.49. The summed E-state index contributed by atoms with van der Waals surface area (Å²) in [5, 5.41) is 4.46. The van der Waals surface area contributed by atoms with E-state index in [0.717, 1.165) is 18.4 Å². The molecule has 15 heavy (non-hydrogen) atoms. The first kappa shape index (κ1) is 11.2. The van der Waals surface area contributed by atoms with E-state index >= 15 is 0 Å². The van der Waals surface area contributed by atoms with Crippen molar-refractivity contribution >= 4 is 11.3 Å². The Labute approximate surface area is 97.1 Å². The second-order valence-electron chi connectivity index (χ2n) is 5.01. The number of thiophene rings is 1. The summed E-state index contributed by atoms with van der Waals surface area (Å²) in [6, 6.07) is 2.25. The Balaban J connectivity index is 1.88. The van der Waals surface area contributed by atoms with Gasteiger partial charge in [0.05, 0.1) is 0 Å². The minimum Gasteiger partial charge on any atom is -0.299 e. The normalized spacial score (nSPS) is 23.5. The molecule has 1 nitrogen and oxygen atoms in total. The molecule has 0 unspecified atom stereocenters. The lowest BCUT2D eigenvalue weighted by molar-refractivity contribution is 0.139. The molecule has 2 heterocycles. The van der Waals surface area contributed by atoms with Crippen molar-refractivity contribution in [2.45, 2.75) is 33.2 Å². The van der Waals surface area contributed by atoms with E-state index in [0.29, 0.717) is 0 Å². The SMILES string of the molecule is CC(C)[C@@H]1CCCN(Cc2ccsc2)C1. The first-order chi connectivity index (χ1) is 7.25. The Kier molecular flexibility index (Phi) is 3.81. The summed E-state index contributed by atoms with van der Waals surface area (Å²) in [7, 11) is 0. The van der Waals surface area contributed by atoms with E-state index in [4.69, 9.17) is 0 Å². The molecule has 0 spiro atoms. The van der Waals surface area contributed by atoms with E-state index in [9.17, 15) is 0 Å². The third-order valence-corrected chi connectivity index (χ3v) is 4.20. The number of piperidine rings is 1. The molecule has 2 heteroatoms. The van der Waals surface area contributed by atoms with Crippen LogP contribution in [0, 0.1) is 11.8 Å². The fourth-order valence-electron chi connectivity index (χ4n) is 2.42. The van der Waals surface area contributed by atoms with Crippen molar-refractivity contribution < 1.29 is 0 Å². The highest BCUT2D eigenvalue weighted by atomic mass is 32.1. The molecule has 1 fully saturated rings. The van der Waals surface area contributed by atoms with Gasteiger partial charge in [-0.1, -0.05) is 13.8 Å². The molecule has 0 aromatic carbocycles. The molecule has 84 valence electrons. The van der Waals surface area contributed by atoms with Crippen LogP contribution in [0.5, 0.6) is 0 Å². The fourth-order valence-corrected chi connectivity index (χ4v) is 3.08. The van der Waals surface area contributed by atoms with Gasteiger partial charge in [-0.15, -0.1) is 0 Å². The van der Waals surface area contributed by atoms with Gasteiger partial charge in [0.25, 0.3) is 0 Å². The van der Waals surface area contributed by atoms with Crippen molar-refractivity contribution in [1.82, 2.24) is 4.90 Å². The quantitative estimate of drug-likeness (QED) is 0.756. The van der Waals surface area contributed by atoms with Crippen molar-refractivity contribution in [2.75, 3.05) is 13.1 Å². The predicted octanol–water partition coefficient (Wildman–Crippen LogP) is 3.62. The highest BCUT2D eigenvalue weighted by Gasteiger charge is 2.22. The molecule has 1 aromatic heterocycles. The summed E-state index contributed by atoms with van der Waals surface area (Å²) in [6.45, 7) is 8.47. The van der Waals surface area contributed by atoms with Crippen molar-refractivity contribution in [3.63, 3.8) is 0 Å². The second kappa shape index (κ2) is 5.13. The molecule has 0 bridgehead atoms. The summed E-state index contributed by atoms with van der Waals surface area (Å²) in [5.74, 6) is 1.76. The van der Waals surface area contributed by atoms with Gasteiger partial charge < -0.3 is 0 Å². The number of hydrogen-bond acceptors (Lipinski definition) is 2. The minimum atomic E-state index is 0.843. The maximum Gasteiger partial charge on any atom is 0.0242 e. The number of likely N-dealkylation sites (tertiary alicyclic amines) is 1. The van der Waals surface area contributed by atoms with Crippen molar-refractivity contribution in [1.29, 1.82) is 0 Å². The predicted molar refractivity (Wildman–Crippen MR) is 67.2 cm³/mol. The Hall–Kier alpha value is -0.340. The Morgan fingerprint density at radius 1 is 1.53 bits per heavy atom. The van der Waals surface area contributed by atoms with Crippen molar-refractivity contribution in [2.24, 2.45) is 11.8 Å². The van der Waals surface area contributed by atoms with E-state index < -0.39 is 0 Å². The molecule has 0 N–H and O–H groups in total. The van der Waals surface area contributed by atoms with Crippen LogP contribution in [0.25, 0.3) is 0 Å². The zero-order chi connectivity index (χ0) is 10.7. The third kappa shape index (κ3) is 3.05. The zero-order valence-electron chi connectivity index (χ0n) is 9.78. The van der Waals surface area contributed by atoms with E-state index in [1.54, 1.807) is 0 Å². The second-order valence-corrected chi connectivity index (χ2v) is 5.79. The van der Waals surface area contributed by atoms with Gasteiger partial charge in [-0.05, 0) is 53.6 Å². The molecule has 0 aliphatic carbocycles. The van der Waals surface area contributed by atoms with Crippen LogP contribution >= 0.6 is 11.3 Å². The lowest BCUT2D eigenvalue weighted by Gasteiger charge is -2.34. The monoisotopic (exact) mass is 223 g/mol. The van der Waals surface area contributed by atoms with Crippen LogP contribution in [0.3, 0.4) is 0 Å². The number of rotatable bonds is 3. The van der Waals surface area contributed by atoms with Crippen LogP contribution in [0.2, 0.25) is 0 Å². The van der Waals surface area contributed by atoms with Gasteiger partial charge in [0, 0.05) is 13.1 Å². The molecule has 2 rings (SSSR count). The van der Waals surface area contributed by atoms with Crippen molar-refractivity contribution in [3.05, 3.63) is 22.4 Å². The van der Waals surface area contributed by atoms with E-state index in [2.05, 4.69) is 35.6 Å². The molecule has 1 aromatic rings. The molecule has 0 radical (unpaired) electrons. The third-order valence-electron chi connectivity index (χ3n) is 3.47. The minimum absolute atomic E-state index is 0.843. The average Bonchev–Trinajstić information content (AvgIpc) is 2.71. The van der Waals surface area contributed by atoms with Gasteiger partial charge in [0.2, 0.25) is 0 Å². The largest absolute Gasteiger partial charge is 0.299 e. The number of hydrogen-bond donors (Lipinski definition) is 0. The Morgan fingerprint density at radius 3 is 3.07 bits per heavy atom. The van der Waals surface area contributed by atoms with Gasteiger partial charge in [-0.3, -0.25) is 4.90 Å². The molecule has 0 saturated carbocycles. The van der Waals surface area contributed by atoms with Crippen LogP contribution in [0.15, 0.2) is 16.8 Å². The van der Waals surface area contributed by atoms with Gasteiger partial charge in [-0.25, -0.2) is 0 Å². The highest BCUT2D eigenvalue weighted by Crippen LogP contribution is 2.24. The topological polar surface area (TPSA) is 3.24 Å². The van der Waals surface area contributed by atoms with Crippen LogP contribution in [-0.2, 0) is 6.54 Å². The average molecular weight is 223 g/mol. The first-order valence-corrected chi connectivity index (χ1v) is 6.93. The summed E-state index contributed by atoms with van der Waals surface area (Å²) >= 11 is 1.81. The molecule has 1 atom stereocenters. The molecular weight excluding hydrogens is 202 g/mol. The van der Waals surface area contributed by atoms with Crippen molar-refractivity contribution in [3.8, 4) is 0 Å². The summed E-state index contributed by atoms with van der Waals surface area (Å²) < 4.78 is 0. The highest BCUT2D eigenvalue weighted by molar-refractivity contribution is 7.07. The molecule has 1 aliphatic heterocycles. The van der Waals surface area contributed by atoms with Crippen LogP contribution < -0.4 is 0 Å². The Bertz CT molecular complexity index is 279. The van der Waals surface area contributed by atoms with Gasteiger partial charge >= 0.3 is 0 Å². The van der Waals surface area contributed by atoms with Crippen LogP contribution in [-0.4, -0.2) is 18.0 Å². The number of nitrogens with zero attached hydrogens (tertiary/aromatic N) is 1. The smallest absolute Gasteiger partial charge is 0.0242 e. The molecule has 1 aliphatic rings. The van der Waals surface area contributed by atoms with Crippen LogP contribution in [0.1, 0.15) is 32.3 Å². The van der Waals surface area contributed by atoms with E-state index in [1.165, 1.54) is 31.5 Å². The molecular formula is C13H21NS. The standard InChI is InChI=1S/C13H21NS/c1-11(2)13-4-3-6-14(9-13)8-12-5-7-15-10-12/h5,7,10-11,13H,3-4,6,8-9H2,1-2H3/t13-/m1/s1. The fraction of sp³-hybridized carbons (Fsp3) is 0.692. The van der Waals surface area contributed by atoms with Gasteiger partial charge in [0.15, 0.2) is 0 Å². The van der Waals surface area contributed by atoms with E-state index in [1.807, 2.05) is 11.3 Å². The maximum atomic E-state index is 2.62. The van der Waals surface area contributed by atoms with Crippen LogP contribution in [0.4, 0.5) is 0 Å². The van der Waals surface area contributed by atoms with Gasteiger partial charge in [-0.2, -0.15) is 11.3 Å². The lowest BCUT2D eigenvalue weighted by atomic mass is 9.88. The summed E-state index contributed by atoms with van der Waals surface area (Å²) in [4.78, 5) is 2.62. The Morgan fingerprint density at radius 2 is 2.40 bits per heavy atom. The van der Waals surface area contributed by atoms with E-state index in [-0.39, 0.29) is 0 Å². The first-order valence-electron chi connectivity index (χ1n) is 5.99. The lowest BCUT2D eigenvalue weighted by Crippen LogP contribution is -2.36. The molecule has 0 amide bonds. The summed E-state index contributed by atoms with van der Waals surface area (Å²) in [6.07, 6.45) is 2.81. The van der Waals surface area contributed by atoms with Gasteiger partial charge in [0.1, 0.15) is 0 Å². The molecule has 1 saturated heterocycles.